The van der Waals surface area contributed by atoms with Gasteiger partial charge in [0, 0.05) is 17.7 Å². The molecule has 24 heavy (non-hydrogen) atoms. The summed E-state index contributed by atoms with van der Waals surface area (Å²) < 4.78 is 0. The fraction of sp³-hybridized carbons (Fsp3) is 0.562. The summed E-state index contributed by atoms with van der Waals surface area (Å²) in [5.74, 6) is 2.73. The third-order valence-electron chi connectivity index (χ3n) is 5.73. The number of nitro groups is 2. The highest BCUT2D eigenvalue weighted by Crippen LogP contribution is 2.54. The Morgan fingerprint density at radius 2 is 1.83 bits per heavy atom. The number of hydrogen-bond acceptors (Lipinski definition) is 6. The lowest BCUT2D eigenvalue weighted by Crippen LogP contribution is -2.31. The topological polar surface area (TPSA) is 111 Å². The molecule has 1 aromatic carbocycles. The average molecular weight is 330 g/mol. The summed E-state index contributed by atoms with van der Waals surface area (Å²) in [6.45, 7) is 0. The van der Waals surface area contributed by atoms with Crippen molar-refractivity contribution < 1.29 is 9.85 Å². The predicted molar refractivity (Wildman–Crippen MR) is 87.9 cm³/mol. The van der Waals surface area contributed by atoms with Gasteiger partial charge in [-0.05, 0) is 55.9 Å². The van der Waals surface area contributed by atoms with Crippen LogP contribution in [0, 0.1) is 43.9 Å². The van der Waals surface area contributed by atoms with Crippen LogP contribution in [-0.4, -0.2) is 15.6 Å². The molecule has 3 bridgehead atoms. The first kappa shape index (κ1) is 15.0. The molecule has 0 aliphatic heterocycles. The van der Waals surface area contributed by atoms with Crippen LogP contribution < -0.4 is 5.43 Å². The average Bonchev–Trinajstić information content (AvgIpc) is 2.77. The van der Waals surface area contributed by atoms with E-state index in [1.54, 1.807) is 0 Å². The van der Waals surface area contributed by atoms with E-state index in [1.807, 2.05) is 0 Å². The van der Waals surface area contributed by atoms with Crippen LogP contribution in [0.15, 0.2) is 23.3 Å². The molecule has 3 aliphatic rings. The summed E-state index contributed by atoms with van der Waals surface area (Å²) in [5.41, 5.74) is 3.50. The maximum Gasteiger partial charge on any atom is 0.301 e. The van der Waals surface area contributed by atoms with Crippen LogP contribution in [0.4, 0.5) is 17.1 Å². The Kier molecular flexibility index (Phi) is 3.47. The summed E-state index contributed by atoms with van der Waals surface area (Å²) in [4.78, 5) is 20.7. The summed E-state index contributed by atoms with van der Waals surface area (Å²) >= 11 is 0. The minimum atomic E-state index is -0.639. The second kappa shape index (κ2) is 5.54. The van der Waals surface area contributed by atoms with Gasteiger partial charge in [-0.3, -0.25) is 25.7 Å². The lowest BCUT2D eigenvalue weighted by molar-refractivity contribution is -0.393. The van der Waals surface area contributed by atoms with Crippen molar-refractivity contribution in [2.45, 2.75) is 32.1 Å². The summed E-state index contributed by atoms with van der Waals surface area (Å²) in [7, 11) is 0. The second-order valence-electron chi connectivity index (χ2n) is 7.18. The third kappa shape index (κ3) is 2.51. The van der Waals surface area contributed by atoms with Gasteiger partial charge >= 0.3 is 5.69 Å². The van der Waals surface area contributed by atoms with E-state index in [1.165, 1.54) is 37.8 Å². The predicted octanol–water partition coefficient (Wildman–Crippen LogP) is 3.73. The number of rotatable bonds is 4. The van der Waals surface area contributed by atoms with E-state index in [-0.39, 0.29) is 17.1 Å². The fourth-order valence-corrected chi connectivity index (χ4v) is 4.85. The number of anilines is 1. The highest BCUT2D eigenvalue weighted by Gasteiger charge is 2.47. The molecule has 3 aliphatic carbocycles. The fourth-order valence-electron chi connectivity index (χ4n) is 4.85. The van der Waals surface area contributed by atoms with Crippen LogP contribution in [-0.2, 0) is 0 Å². The van der Waals surface area contributed by atoms with Gasteiger partial charge in [0.15, 0.2) is 0 Å². The van der Waals surface area contributed by atoms with Crippen molar-refractivity contribution in [1.82, 2.24) is 0 Å². The molecule has 4 rings (SSSR count). The number of hydrogen-bond donors (Lipinski definition) is 1. The summed E-state index contributed by atoms with van der Waals surface area (Å²) in [5, 5.41) is 26.5. The number of nitrogens with zero attached hydrogens (tertiary/aromatic N) is 3. The van der Waals surface area contributed by atoms with Gasteiger partial charge in [0.25, 0.3) is 5.69 Å². The number of nitro benzene ring substituents is 2. The van der Waals surface area contributed by atoms with Crippen molar-refractivity contribution in [2.24, 2.45) is 28.8 Å². The Balaban J connectivity index is 1.59. The van der Waals surface area contributed by atoms with E-state index < -0.39 is 9.85 Å². The highest BCUT2D eigenvalue weighted by atomic mass is 16.6. The Morgan fingerprint density at radius 3 is 2.58 bits per heavy atom. The molecule has 3 fully saturated rings. The Labute approximate surface area is 138 Å². The zero-order valence-electron chi connectivity index (χ0n) is 13.1. The normalized spacial score (nSPS) is 32.1. The zero-order valence-corrected chi connectivity index (χ0v) is 13.1. The summed E-state index contributed by atoms with van der Waals surface area (Å²) in [6, 6.07) is 3.58. The smallest absolute Gasteiger partial charge is 0.272 e. The van der Waals surface area contributed by atoms with Crippen LogP contribution >= 0.6 is 0 Å². The maximum atomic E-state index is 11.2. The first-order valence-corrected chi connectivity index (χ1v) is 8.26. The minimum absolute atomic E-state index is 0.200. The molecule has 8 nitrogen and oxygen atoms in total. The van der Waals surface area contributed by atoms with E-state index in [4.69, 9.17) is 0 Å². The first-order chi connectivity index (χ1) is 11.5. The number of benzene rings is 1. The van der Waals surface area contributed by atoms with Gasteiger partial charge in [0.1, 0.15) is 5.69 Å². The summed E-state index contributed by atoms with van der Waals surface area (Å²) in [6.07, 6.45) is 6.01. The van der Waals surface area contributed by atoms with E-state index in [0.717, 1.165) is 30.0 Å². The van der Waals surface area contributed by atoms with Crippen molar-refractivity contribution in [3.63, 3.8) is 0 Å². The van der Waals surface area contributed by atoms with Gasteiger partial charge in [0.2, 0.25) is 0 Å². The molecule has 0 aromatic heterocycles. The van der Waals surface area contributed by atoms with Gasteiger partial charge in [-0.2, -0.15) is 5.10 Å². The molecule has 0 radical (unpaired) electrons. The number of non-ortho nitro benzene ring substituents is 1. The van der Waals surface area contributed by atoms with Gasteiger partial charge < -0.3 is 0 Å². The highest BCUT2D eigenvalue weighted by molar-refractivity contribution is 5.89. The molecule has 0 saturated heterocycles. The molecule has 3 saturated carbocycles. The third-order valence-corrected chi connectivity index (χ3v) is 5.73. The van der Waals surface area contributed by atoms with Gasteiger partial charge in [-0.15, -0.1) is 0 Å². The van der Waals surface area contributed by atoms with E-state index in [0.29, 0.717) is 11.8 Å². The second-order valence-corrected chi connectivity index (χ2v) is 7.18. The van der Waals surface area contributed by atoms with Crippen LogP contribution in [0.25, 0.3) is 0 Å². The zero-order chi connectivity index (χ0) is 16.8. The Hall–Kier alpha value is -2.51. The molecular formula is C16H18N4O4. The van der Waals surface area contributed by atoms with E-state index in [2.05, 4.69) is 10.5 Å². The number of fused-ring (bicyclic) bond motifs is 2. The van der Waals surface area contributed by atoms with E-state index >= 15 is 0 Å². The minimum Gasteiger partial charge on any atom is -0.272 e. The lowest BCUT2D eigenvalue weighted by Gasteiger charge is -2.34. The molecule has 1 N–H and O–H groups in total. The van der Waals surface area contributed by atoms with Crippen molar-refractivity contribution in [2.75, 3.05) is 5.43 Å². The molecule has 4 atom stereocenters. The van der Waals surface area contributed by atoms with Crippen molar-refractivity contribution >= 4 is 22.8 Å². The maximum absolute atomic E-state index is 11.2. The van der Waals surface area contributed by atoms with Gasteiger partial charge in [-0.25, -0.2) is 0 Å². The van der Waals surface area contributed by atoms with Crippen LogP contribution in [0.3, 0.4) is 0 Å². The molecule has 8 heteroatoms. The quantitative estimate of drug-likeness (QED) is 0.668. The first-order valence-electron chi connectivity index (χ1n) is 8.26. The largest absolute Gasteiger partial charge is 0.301 e. The van der Waals surface area contributed by atoms with Crippen molar-refractivity contribution in [3.05, 3.63) is 38.4 Å². The van der Waals surface area contributed by atoms with Gasteiger partial charge in [0.05, 0.1) is 15.9 Å². The molecule has 4 unspecified atom stereocenters. The van der Waals surface area contributed by atoms with Crippen LogP contribution in [0.1, 0.15) is 32.1 Å². The molecule has 0 amide bonds. The van der Waals surface area contributed by atoms with Crippen LogP contribution in [0.5, 0.6) is 0 Å². The van der Waals surface area contributed by atoms with Gasteiger partial charge in [-0.1, -0.05) is 0 Å². The SMILES string of the molecule is O=[N+]([O-])c1ccc(NN=C2CC3CC4CC(C3)C2C4)c([N+](=O)[O-])c1. The van der Waals surface area contributed by atoms with Crippen LogP contribution in [0.2, 0.25) is 0 Å². The lowest BCUT2D eigenvalue weighted by atomic mass is 9.71. The Bertz CT molecular complexity index is 746. The molecule has 126 valence electrons. The molecule has 1 aromatic rings. The van der Waals surface area contributed by atoms with Crippen molar-refractivity contribution in [1.29, 1.82) is 0 Å². The monoisotopic (exact) mass is 330 g/mol. The Morgan fingerprint density at radius 1 is 1.04 bits per heavy atom. The number of hydrazone groups is 1. The molecule has 0 heterocycles. The molecular weight excluding hydrogens is 312 g/mol. The standard InChI is InChI=1S/C16H18N4O4/c21-19(22)12-1-2-14(16(8-12)20(23)24)17-18-15-7-10-3-9-4-11(5-10)13(15)6-9/h1-2,8-11,13,17H,3-7H2. The van der Waals surface area contributed by atoms with E-state index in [9.17, 15) is 20.2 Å². The molecule has 0 spiro atoms. The van der Waals surface area contributed by atoms with Crippen molar-refractivity contribution in [3.8, 4) is 0 Å². The number of nitrogens with one attached hydrogen (secondary N) is 1.